The molecule has 0 atom stereocenters. The molecule has 1 amide bonds. The molecule has 0 bridgehead atoms. The minimum atomic E-state index is -0.177. The molecule has 2 N–H and O–H groups in total. The fourth-order valence-corrected chi connectivity index (χ4v) is 2.41. The van der Waals surface area contributed by atoms with Gasteiger partial charge in [0, 0.05) is 12.7 Å². The van der Waals surface area contributed by atoms with Crippen LogP contribution >= 0.6 is 22.9 Å². The maximum absolute atomic E-state index is 12.1. The maximum atomic E-state index is 12.1. The third kappa shape index (κ3) is 2.76. The number of aromatic nitrogens is 3. The van der Waals surface area contributed by atoms with Crippen LogP contribution in [-0.4, -0.2) is 25.2 Å². The summed E-state index contributed by atoms with van der Waals surface area (Å²) in [6.07, 6.45) is 5.90. The Kier molecular flexibility index (Phi) is 3.47. The summed E-state index contributed by atoms with van der Waals surface area (Å²) in [5, 5.41) is 6.01. The van der Waals surface area contributed by atoms with Crippen LogP contribution in [0.3, 0.4) is 0 Å². The molecule has 0 radical (unpaired) electrons. The lowest BCUT2D eigenvalue weighted by Crippen LogP contribution is -2.25. The highest BCUT2D eigenvalue weighted by Crippen LogP contribution is 2.14. The normalized spacial score (nSPS) is 13.9. The highest BCUT2D eigenvalue weighted by molar-refractivity contribution is 14.1. The van der Waals surface area contributed by atoms with Crippen LogP contribution in [0.25, 0.3) is 0 Å². The number of hydrogen-bond acceptors (Lipinski definition) is 4. The molecule has 3 heterocycles. The number of nitrogens with zero attached hydrogens (tertiary/aromatic N) is 3. The van der Waals surface area contributed by atoms with Gasteiger partial charge >= 0.3 is 0 Å². The highest BCUT2D eigenvalue weighted by atomic mass is 127. The number of hydrogen-bond donors (Lipinski definition) is 2. The van der Waals surface area contributed by atoms with E-state index < -0.39 is 0 Å². The zero-order chi connectivity index (χ0) is 13.2. The van der Waals surface area contributed by atoms with Crippen LogP contribution in [0.4, 0.5) is 5.82 Å². The predicted molar refractivity (Wildman–Crippen MR) is 79.2 cm³/mol. The van der Waals surface area contributed by atoms with Crippen molar-refractivity contribution in [3.05, 3.63) is 41.6 Å². The Bertz CT molecular complexity index is 624. The van der Waals surface area contributed by atoms with Gasteiger partial charge in [-0.1, -0.05) is 0 Å². The number of rotatable bonds is 2. The second-order valence-corrected chi connectivity index (χ2v) is 5.43. The summed E-state index contributed by atoms with van der Waals surface area (Å²) in [4.78, 5) is 20.5. The molecule has 0 unspecified atom stereocenters. The van der Waals surface area contributed by atoms with Crippen LogP contribution in [0.1, 0.15) is 21.6 Å². The lowest BCUT2D eigenvalue weighted by Gasteiger charge is -2.16. The van der Waals surface area contributed by atoms with Gasteiger partial charge in [-0.2, -0.15) is 0 Å². The van der Waals surface area contributed by atoms with Crippen molar-refractivity contribution in [1.82, 2.24) is 18.1 Å². The number of pyridine rings is 1. The second-order valence-electron chi connectivity index (χ2n) is 4.31. The van der Waals surface area contributed by atoms with E-state index in [9.17, 15) is 4.79 Å². The minimum absolute atomic E-state index is 0.177. The van der Waals surface area contributed by atoms with Crippen molar-refractivity contribution in [3.8, 4) is 0 Å². The number of halogens is 1. The molecule has 0 aliphatic carbocycles. The van der Waals surface area contributed by atoms with Gasteiger partial charge in [0.05, 0.1) is 40.3 Å². The van der Waals surface area contributed by atoms with Crippen LogP contribution < -0.4 is 10.6 Å². The standard InChI is InChI=1S/C12H12IN5O/c13-18-6-11(16-7-18)17-12(19)9-3-8-1-2-14-5-10(8)15-4-9/h3-4,6-7,14H,1-2,5H2,(H,17,19). The van der Waals surface area contributed by atoms with Gasteiger partial charge in [0.1, 0.15) is 6.33 Å². The van der Waals surface area contributed by atoms with Crippen LogP contribution in [0, 0.1) is 0 Å². The Morgan fingerprint density at radius 3 is 3.16 bits per heavy atom. The van der Waals surface area contributed by atoms with E-state index >= 15 is 0 Å². The summed E-state index contributed by atoms with van der Waals surface area (Å²) < 4.78 is 1.75. The van der Waals surface area contributed by atoms with Crippen LogP contribution in [0.5, 0.6) is 0 Å². The molecule has 2 aromatic heterocycles. The molecule has 0 aromatic carbocycles. The van der Waals surface area contributed by atoms with Gasteiger partial charge in [-0.25, -0.2) is 4.98 Å². The quantitative estimate of drug-likeness (QED) is 0.785. The number of imidazole rings is 1. The summed E-state index contributed by atoms with van der Waals surface area (Å²) in [6, 6.07) is 1.92. The SMILES string of the molecule is O=C(Nc1cn(I)cn1)c1cnc2c(c1)CCNC2. The summed E-state index contributed by atoms with van der Waals surface area (Å²) >= 11 is 2.07. The van der Waals surface area contributed by atoms with Crippen molar-refractivity contribution in [1.29, 1.82) is 0 Å². The van der Waals surface area contributed by atoms with Crippen LogP contribution in [-0.2, 0) is 13.0 Å². The van der Waals surface area contributed by atoms with Crippen LogP contribution in [0.15, 0.2) is 24.8 Å². The van der Waals surface area contributed by atoms with E-state index in [1.54, 1.807) is 21.5 Å². The number of nitrogens with one attached hydrogen (secondary N) is 2. The Morgan fingerprint density at radius 1 is 1.47 bits per heavy atom. The first-order chi connectivity index (χ1) is 9.22. The molecule has 0 fully saturated rings. The van der Waals surface area contributed by atoms with Crippen LogP contribution in [0.2, 0.25) is 0 Å². The second kappa shape index (κ2) is 5.25. The first kappa shape index (κ1) is 12.5. The van der Waals surface area contributed by atoms with E-state index in [0.717, 1.165) is 30.8 Å². The van der Waals surface area contributed by atoms with E-state index in [-0.39, 0.29) is 5.91 Å². The molecule has 1 aliphatic heterocycles. The third-order valence-corrected chi connectivity index (χ3v) is 3.51. The average Bonchev–Trinajstić information content (AvgIpc) is 2.83. The molecule has 2 aromatic rings. The van der Waals surface area contributed by atoms with Gasteiger partial charge in [-0.05, 0) is 24.6 Å². The smallest absolute Gasteiger partial charge is 0.258 e. The van der Waals surface area contributed by atoms with E-state index in [1.165, 1.54) is 0 Å². The van der Waals surface area contributed by atoms with E-state index in [4.69, 9.17) is 0 Å². The Hall–Kier alpha value is -1.48. The lowest BCUT2D eigenvalue weighted by molar-refractivity contribution is 0.102. The molecule has 0 spiro atoms. The molecular weight excluding hydrogens is 357 g/mol. The van der Waals surface area contributed by atoms with Crippen molar-refractivity contribution < 1.29 is 4.79 Å². The molecule has 3 rings (SSSR count). The molecule has 0 saturated heterocycles. The number of carbonyl (C=O) groups is 1. The van der Waals surface area contributed by atoms with Crippen molar-refractivity contribution in [2.75, 3.05) is 11.9 Å². The van der Waals surface area contributed by atoms with Gasteiger partial charge in [-0.15, -0.1) is 0 Å². The van der Waals surface area contributed by atoms with Gasteiger partial charge in [-0.3, -0.25) is 12.6 Å². The Morgan fingerprint density at radius 2 is 2.37 bits per heavy atom. The zero-order valence-corrected chi connectivity index (χ0v) is 12.2. The van der Waals surface area contributed by atoms with Crippen molar-refractivity contribution in [2.24, 2.45) is 0 Å². The van der Waals surface area contributed by atoms with E-state index in [1.807, 2.05) is 6.07 Å². The molecule has 7 heteroatoms. The molecule has 98 valence electrons. The third-order valence-electron chi connectivity index (χ3n) is 2.98. The maximum Gasteiger partial charge on any atom is 0.258 e. The van der Waals surface area contributed by atoms with Crippen molar-refractivity contribution >= 4 is 34.6 Å². The molecule has 0 saturated carbocycles. The molecule has 6 nitrogen and oxygen atoms in total. The average molecular weight is 369 g/mol. The Balaban J connectivity index is 1.80. The van der Waals surface area contributed by atoms with Crippen molar-refractivity contribution in [2.45, 2.75) is 13.0 Å². The summed E-state index contributed by atoms with van der Waals surface area (Å²) in [6.45, 7) is 1.70. The first-order valence-electron chi connectivity index (χ1n) is 5.92. The highest BCUT2D eigenvalue weighted by Gasteiger charge is 2.14. The summed E-state index contributed by atoms with van der Waals surface area (Å²) in [5.41, 5.74) is 2.74. The molecule has 19 heavy (non-hydrogen) atoms. The van der Waals surface area contributed by atoms with E-state index in [2.05, 4.69) is 43.5 Å². The monoisotopic (exact) mass is 369 g/mol. The minimum Gasteiger partial charge on any atom is -0.311 e. The largest absolute Gasteiger partial charge is 0.311 e. The fraction of sp³-hybridized carbons (Fsp3) is 0.250. The number of carbonyl (C=O) groups excluding carboxylic acids is 1. The zero-order valence-electron chi connectivity index (χ0n) is 10.1. The Labute approximate surface area is 124 Å². The van der Waals surface area contributed by atoms with Gasteiger partial charge in [0.2, 0.25) is 0 Å². The molecule has 1 aliphatic rings. The number of anilines is 1. The summed E-state index contributed by atoms with van der Waals surface area (Å²) in [5.74, 6) is 0.364. The first-order valence-corrected chi connectivity index (χ1v) is 6.89. The van der Waals surface area contributed by atoms with E-state index in [0.29, 0.717) is 11.4 Å². The lowest BCUT2D eigenvalue weighted by atomic mass is 10.0. The predicted octanol–water partition coefficient (Wildman–Crippen LogP) is 1.37. The van der Waals surface area contributed by atoms with Gasteiger partial charge < -0.3 is 10.6 Å². The topological polar surface area (TPSA) is 71.8 Å². The van der Waals surface area contributed by atoms with Gasteiger partial charge in [0.15, 0.2) is 5.82 Å². The molecular formula is C12H12IN5O. The van der Waals surface area contributed by atoms with Crippen molar-refractivity contribution in [3.63, 3.8) is 0 Å². The number of amides is 1. The summed E-state index contributed by atoms with van der Waals surface area (Å²) in [7, 11) is 0. The fourth-order valence-electron chi connectivity index (χ4n) is 2.02. The number of fused-ring (bicyclic) bond motifs is 1. The van der Waals surface area contributed by atoms with Gasteiger partial charge in [0.25, 0.3) is 5.91 Å².